The molecule has 0 unspecified atom stereocenters. The summed E-state index contributed by atoms with van der Waals surface area (Å²) in [7, 11) is 1.56. The number of anilines is 1. The van der Waals surface area contributed by atoms with Crippen LogP contribution in [-0.2, 0) is 11.3 Å². The van der Waals surface area contributed by atoms with Crippen LogP contribution in [0.4, 0.5) is 10.5 Å². The Kier molecular flexibility index (Phi) is 6.98. The maximum absolute atomic E-state index is 12.5. The molecule has 2 rings (SSSR count). The number of amides is 3. The fourth-order valence-electron chi connectivity index (χ4n) is 2.61. The number of carbonyl (C=O) groups is 3. The highest BCUT2D eigenvalue weighted by Gasteiger charge is 2.16. The molecular formula is C22H27N3O4. The van der Waals surface area contributed by atoms with E-state index in [0.717, 1.165) is 5.56 Å². The molecule has 7 heteroatoms. The number of nitrogens with one attached hydrogen (secondary N) is 3. The van der Waals surface area contributed by atoms with E-state index < -0.39 is 11.7 Å². The standard InChI is InChI=1S/C22H27N3O4/c1-14-17(20(27)23-5)7-6-8-18(14)25-19(26)16-11-9-15(10-12-16)13-24-21(28)29-22(2,3)4/h6-12H,13H2,1-5H3,(H,23,27)(H,24,28)(H,25,26). The Balaban J connectivity index is 2.01. The molecule has 0 spiro atoms. The molecule has 3 amide bonds. The zero-order valence-corrected chi connectivity index (χ0v) is 17.4. The van der Waals surface area contributed by atoms with Crippen molar-refractivity contribution in [2.45, 2.75) is 39.8 Å². The number of rotatable bonds is 5. The molecular weight excluding hydrogens is 370 g/mol. The molecule has 7 nitrogen and oxygen atoms in total. The van der Waals surface area contributed by atoms with Crippen molar-refractivity contribution in [2.24, 2.45) is 0 Å². The van der Waals surface area contributed by atoms with Gasteiger partial charge in [0.2, 0.25) is 0 Å². The minimum atomic E-state index is -0.556. The topological polar surface area (TPSA) is 96.5 Å². The predicted molar refractivity (Wildman–Crippen MR) is 112 cm³/mol. The van der Waals surface area contributed by atoms with Crippen molar-refractivity contribution in [3.8, 4) is 0 Å². The average Bonchev–Trinajstić information content (AvgIpc) is 2.66. The van der Waals surface area contributed by atoms with Crippen molar-refractivity contribution >= 4 is 23.6 Å². The maximum atomic E-state index is 12.5. The number of ether oxygens (including phenoxy) is 1. The van der Waals surface area contributed by atoms with Crippen LogP contribution < -0.4 is 16.0 Å². The molecule has 154 valence electrons. The van der Waals surface area contributed by atoms with Crippen molar-refractivity contribution in [1.29, 1.82) is 0 Å². The minimum absolute atomic E-state index is 0.208. The Bertz CT molecular complexity index is 899. The van der Waals surface area contributed by atoms with Crippen molar-refractivity contribution in [2.75, 3.05) is 12.4 Å². The van der Waals surface area contributed by atoms with E-state index in [1.165, 1.54) is 0 Å². The average molecular weight is 397 g/mol. The number of benzene rings is 2. The monoisotopic (exact) mass is 397 g/mol. The molecule has 0 aliphatic carbocycles. The Labute approximate surface area is 170 Å². The second-order valence-electron chi connectivity index (χ2n) is 7.56. The Morgan fingerprint density at radius 2 is 1.62 bits per heavy atom. The third-order valence-electron chi connectivity index (χ3n) is 4.11. The lowest BCUT2D eigenvalue weighted by molar-refractivity contribution is 0.0523. The highest BCUT2D eigenvalue weighted by atomic mass is 16.6. The first-order chi connectivity index (χ1) is 13.6. The van der Waals surface area contributed by atoms with E-state index in [4.69, 9.17) is 4.74 Å². The summed E-state index contributed by atoms with van der Waals surface area (Å²) in [6.45, 7) is 7.47. The molecule has 2 aromatic carbocycles. The Morgan fingerprint density at radius 1 is 0.966 bits per heavy atom. The zero-order valence-electron chi connectivity index (χ0n) is 17.4. The third kappa shape index (κ3) is 6.34. The van der Waals surface area contributed by atoms with Crippen molar-refractivity contribution in [1.82, 2.24) is 10.6 Å². The quantitative estimate of drug-likeness (QED) is 0.718. The molecule has 2 aromatic rings. The molecule has 3 N–H and O–H groups in total. The van der Waals surface area contributed by atoms with Gasteiger partial charge in [-0.1, -0.05) is 18.2 Å². The molecule has 0 bridgehead atoms. The van der Waals surface area contributed by atoms with Gasteiger partial charge in [0.1, 0.15) is 5.60 Å². The summed E-state index contributed by atoms with van der Waals surface area (Å²) in [6.07, 6.45) is -0.495. The molecule has 0 aromatic heterocycles. The number of hydrogen-bond donors (Lipinski definition) is 3. The first-order valence-electron chi connectivity index (χ1n) is 9.29. The van der Waals surface area contributed by atoms with Crippen LogP contribution >= 0.6 is 0 Å². The van der Waals surface area contributed by atoms with Crippen LogP contribution in [0.25, 0.3) is 0 Å². The van der Waals surface area contributed by atoms with E-state index in [2.05, 4.69) is 16.0 Å². The van der Waals surface area contributed by atoms with Gasteiger partial charge in [0.05, 0.1) is 0 Å². The maximum Gasteiger partial charge on any atom is 0.407 e. The number of carbonyl (C=O) groups excluding carboxylic acids is 3. The third-order valence-corrected chi connectivity index (χ3v) is 4.11. The molecule has 0 atom stereocenters. The Hall–Kier alpha value is -3.35. The van der Waals surface area contributed by atoms with E-state index in [9.17, 15) is 14.4 Å². The van der Waals surface area contributed by atoms with E-state index in [1.807, 2.05) is 0 Å². The van der Waals surface area contributed by atoms with Crippen molar-refractivity contribution in [3.63, 3.8) is 0 Å². The first-order valence-corrected chi connectivity index (χ1v) is 9.29. The van der Waals surface area contributed by atoms with Crippen molar-refractivity contribution in [3.05, 3.63) is 64.7 Å². The molecule has 0 saturated carbocycles. The summed E-state index contributed by atoms with van der Waals surface area (Å²) in [5, 5.41) is 8.09. The lowest BCUT2D eigenvalue weighted by Crippen LogP contribution is -2.32. The molecule has 0 heterocycles. The van der Waals surface area contributed by atoms with E-state index in [-0.39, 0.29) is 11.8 Å². The summed E-state index contributed by atoms with van der Waals surface area (Å²) >= 11 is 0. The largest absolute Gasteiger partial charge is 0.444 e. The van der Waals surface area contributed by atoms with Crippen LogP contribution in [0, 0.1) is 6.92 Å². The second-order valence-corrected chi connectivity index (χ2v) is 7.56. The Morgan fingerprint density at radius 3 is 2.21 bits per heavy atom. The van der Waals surface area contributed by atoms with Crippen LogP contribution in [0.1, 0.15) is 52.6 Å². The lowest BCUT2D eigenvalue weighted by Gasteiger charge is -2.19. The van der Waals surface area contributed by atoms with Crippen molar-refractivity contribution < 1.29 is 19.1 Å². The van der Waals surface area contributed by atoms with Gasteiger partial charge in [0.15, 0.2) is 0 Å². The highest BCUT2D eigenvalue weighted by molar-refractivity contribution is 6.06. The van der Waals surface area contributed by atoms with Gasteiger partial charge < -0.3 is 20.7 Å². The zero-order chi connectivity index (χ0) is 21.6. The predicted octanol–water partition coefficient (Wildman–Crippen LogP) is 3.63. The fourth-order valence-corrected chi connectivity index (χ4v) is 2.61. The minimum Gasteiger partial charge on any atom is -0.444 e. The summed E-state index contributed by atoms with van der Waals surface area (Å²) < 4.78 is 5.19. The van der Waals surface area contributed by atoms with Crippen LogP contribution in [0.5, 0.6) is 0 Å². The van der Waals surface area contributed by atoms with E-state index in [0.29, 0.717) is 28.9 Å². The number of alkyl carbamates (subject to hydrolysis) is 1. The summed E-state index contributed by atoms with van der Waals surface area (Å²) in [4.78, 5) is 36.2. The normalized spacial score (nSPS) is 10.8. The molecule has 29 heavy (non-hydrogen) atoms. The van der Waals surface area contributed by atoms with Crippen LogP contribution in [0.2, 0.25) is 0 Å². The second kappa shape index (κ2) is 9.23. The van der Waals surface area contributed by atoms with Gasteiger partial charge in [-0.15, -0.1) is 0 Å². The van der Waals surface area contributed by atoms with Crippen LogP contribution in [0.3, 0.4) is 0 Å². The highest BCUT2D eigenvalue weighted by Crippen LogP contribution is 2.20. The molecule has 0 radical (unpaired) electrons. The van der Waals surface area contributed by atoms with Gasteiger partial charge in [-0.2, -0.15) is 0 Å². The van der Waals surface area contributed by atoms with Crippen LogP contribution in [-0.4, -0.2) is 30.6 Å². The van der Waals surface area contributed by atoms with Gasteiger partial charge in [0, 0.05) is 30.4 Å². The van der Waals surface area contributed by atoms with Gasteiger partial charge in [-0.3, -0.25) is 9.59 Å². The fraction of sp³-hybridized carbons (Fsp3) is 0.318. The summed E-state index contributed by atoms with van der Waals surface area (Å²) in [6, 6.07) is 12.1. The van der Waals surface area contributed by atoms with E-state index in [1.54, 1.807) is 77.2 Å². The molecule has 0 saturated heterocycles. The molecule has 0 fully saturated rings. The number of hydrogen-bond acceptors (Lipinski definition) is 4. The summed E-state index contributed by atoms with van der Waals surface area (Å²) in [5.74, 6) is -0.491. The van der Waals surface area contributed by atoms with Gasteiger partial charge in [0.25, 0.3) is 11.8 Å². The first kappa shape index (κ1) is 21.9. The summed E-state index contributed by atoms with van der Waals surface area (Å²) in [5.41, 5.74) is 2.53. The van der Waals surface area contributed by atoms with Gasteiger partial charge in [-0.05, 0) is 63.1 Å². The lowest BCUT2D eigenvalue weighted by atomic mass is 10.1. The van der Waals surface area contributed by atoms with Gasteiger partial charge in [-0.25, -0.2) is 4.79 Å². The SMILES string of the molecule is CNC(=O)c1cccc(NC(=O)c2ccc(CNC(=O)OC(C)(C)C)cc2)c1C. The molecule has 0 aliphatic heterocycles. The van der Waals surface area contributed by atoms with E-state index >= 15 is 0 Å². The van der Waals surface area contributed by atoms with Crippen LogP contribution in [0.15, 0.2) is 42.5 Å². The van der Waals surface area contributed by atoms with Gasteiger partial charge >= 0.3 is 6.09 Å². The smallest absolute Gasteiger partial charge is 0.407 e. The molecule has 0 aliphatic rings.